The zero-order valence-corrected chi connectivity index (χ0v) is 27.5. The van der Waals surface area contributed by atoms with Crippen molar-refractivity contribution in [1.82, 2.24) is 0 Å². The monoisotopic (exact) mass is 618 g/mol. The predicted octanol–water partition coefficient (Wildman–Crippen LogP) is 3.04. The molecular weight excluding hydrogens is 564 g/mol. The molecule has 0 radical (unpaired) electrons. The lowest BCUT2D eigenvalue weighted by atomic mass is 9.44. The summed E-state index contributed by atoms with van der Waals surface area (Å²) in [4.78, 5) is 0. The van der Waals surface area contributed by atoms with Crippen LogP contribution in [0.2, 0.25) is 0 Å². The molecular formula is C35H54O9. The molecule has 8 rings (SSSR count). The summed E-state index contributed by atoms with van der Waals surface area (Å²) < 4.78 is 25.7. The maximum Gasteiger partial charge on any atom is 0.199 e. The third-order valence-electron chi connectivity index (χ3n) is 15.2. The van der Waals surface area contributed by atoms with Gasteiger partial charge in [0.25, 0.3) is 0 Å². The Labute approximate surface area is 261 Å². The Morgan fingerprint density at radius 2 is 1.70 bits per heavy atom. The van der Waals surface area contributed by atoms with E-state index < -0.39 is 53.6 Å². The van der Waals surface area contributed by atoms with E-state index in [1.54, 1.807) is 13.8 Å². The molecule has 2 bridgehead atoms. The smallest absolute Gasteiger partial charge is 0.199 e. The summed E-state index contributed by atoms with van der Waals surface area (Å²) in [5, 5.41) is 54.4. The molecule has 4 saturated carbocycles. The first-order valence-corrected chi connectivity index (χ1v) is 17.2. The highest BCUT2D eigenvalue weighted by molar-refractivity contribution is 5.48. The van der Waals surface area contributed by atoms with E-state index in [4.69, 9.17) is 18.9 Å². The minimum atomic E-state index is -1.30. The molecule has 0 amide bonds. The van der Waals surface area contributed by atoms with Crippen LogP contribution in [0.1, 0.15) is 93.4 Å². The van der Waals surface area contributed by atoms with Gasteiger partial charge in [-0.05, 0) is 92.3 Å². The third-order valence-corrected chi connectivity index (χ3v) is 15.2. The topological polar surface area (TPSA) is 138 Å². The Kier molecular flexibility index (Phi) is 6.20. The van der Waals surface area contributed by atoms with E-state index in [2.05, 4.69) is 40.7 Å². The van der Waals surface area contributed by atoms with Crippen molar-refractivity contribution in [1.29, 1.82) is 0 Å². The van der Waals surface area contributed by atoms with E-state index in [0.717, 1.165) is 44.9 Å². The fourth-order valence-corrected chi connectivity index (χ4v) is 13.1. The van der Waals surface area contributed by atoms with Crippen molar-refractivity contribution in [2.45, 2.75) is 154 Å². The van der Waals surface area contributed by atoms with Gasteiger partial charge in [-0.25, -0.2) is 0 Å². The number of hydrogen-bond donors (Lipinski definition) is 5. The molecule has 3 spiro atoms. The van der Waals surface area contributed by atoms with Gasteiger partial charge in [-0.2, -0.15) is 0 Å². The van der Waals surface area contributed by atoms with Crippen LogP contribution >= 0.6 is 0 Å². The molecule has 3 heterocycles. The summed E-state index contributed by atoms with van der Waals surface area (Å²) in [7, 11) is 0. The van der Waals surface area contributed by atoms with Crippen LogP contribution in [-0.2, 0) is 18.9 Å². The summed E-state index contributed by atoms with van der Waals surface area (Å²) in [5.74, 6) is -0.431. The molecule has 5 aliphatic carbocycles. The number of fused-ring (bicyclic) bond motifs is 4. The first kappa shape index (κ1) is 30.7. The molecule has 0 unspecified atom stereocenters. The van der Waals surface area contributed by atoms with Gasteiger partial charge >= 0.3 is 0 Å². The molecule has 5 N–H and O–H groups in total. The highest BCUT2D eigenvalue weighted by Crippen LogP contribution is 2.89. The third kappa shape index (κ3) is 3.33. The molecule has 9 heteroatoms. The summed E-state index contributed by atoms with van der Waals surface area (Å²) >= 11 is 0. The van der Waals surface area contributed by atoms with Crippen molar-refractivity contribution < 1.29 is 44.5 Å². The largest absolute Gasteiger partial charge is 0.388 e. The first-order chi connectivity index (χ1) is 20.4. The van der Waals surface area contributed by atoms with Crippen molar-refractivity contribution in [3.63, 3.8) is 0 Å². The van der Waals surface area contributed by atoms with Crippen LogP contribution in [0, 0.1) is 44.8 Å². The average Bonchev–Trinajstić information content (AvgIpc) is 3.45. The van der Waals surface area contributed by atoms with Crippen molar-refractivity contribution >= 4 is 0 Å². The van der Waals surface area contributed by atoms with Crippen molar-refractivity contribution in [2.75, 3.05) is 6.61 Å². The van der Waals surface area contributed by atoms with Gasteiger partial charge in [-0.15, -0.1) is 0 Å². The van der Waals surface area contributed by atoms with E-state index in [0.29, 0.717) is 11.8 Å². The summed E-state index contributed by atoms with van der Waals surface area (Å²) in [6.45, 7) is 15.0. The van der Waals surface area contributed by atoms with Crippen LogP contribution in [0.4, 0.5) is 0 Å². The molecule has 16 atom stereocenters. The SMILES string of the molecule is C[C@@H]1C[C@H]2O[C@@]3(O[C@@H]2C(C)(C)O)[C@@H]1[C@]1(C)CC[C@]24C[C@]25CC[C@H](O[C@@H]2OC[C@@H](O)[C@H](O)[C@H]2O)C(C)(C)[C@@H]5CC=C4[C@@]1(C)[C@H]3O. The van der Waals surface area contributed by atoms with Gasteiger partial charge in [0.1, 0.15) is 30.5 Å². The second-order valence-corrected chi connectivity index (χ2v) is 17.8. The Balaban J connectivity index is 1.13. The van der Waals surface area contributed by atoms with Crippen LogP contribution in [0.3, 0.4) is 0 Å². The maximum absolute atomic E-state index is 12.6. The highest BCUT2D eigenvalue weighted by atomic mass is 16.8. The van der Waals surface area contributed by atoms with Crippen LogP contribution in [0.5, 0.6) is 0 Å². The van der Waals surface area contributed by atoms with Crippen LogP contribution in [0.25, 0.3) is 0 Å². The Bertz CT molecular complexity index is 1260. The Hall–Kier alpha value is -0.620. The Morgan fingerprint density at radius 1 is 0.977 bits per heavy atom. The van der Waals surface area contributed by atoms with E-state index in [1.165, 1.54) is 5.57 Å². The number of rotatable bonds is 3. The lowest BCUT2D eigenvalue weighted by molar-refractivity contribution is -0.300. The second kappa shape index (κ2) is 8.88. The quantitative estimate of drug-likeness (QED) is 0.302. The van der Waals surface area contributed by atoms with E-state index in [1.807, 2.05) is 0 Å². The molecule has 0 aromatic carbocycles. The van der Waals surface area contributed by atoms with E-state index in [9.17, 15) is 25.5 Å². The number of hydrogen-bond acceptors (Lipinski definition) is 9. The molecule has 9 nitrogen and oxygen atoms in total. The molecule has 44 heavy (non-hydrogen) atoms. The highest BCUT2D eigenvalue weighted by Gasteiger charge is 2.86. The molecule has 248 valence electrons. The van der Waals surface area contributed by atoms with Gasteiger partial charge in [-0.3, -0.25) is 0 Å². The van der Waals surface area contributed by atoms with Crippen LogP contribution in [-0.4, -0.2) is 92.5 Å². The lowest BCUT2D eigenvalue weighted by Crippen LogP contribution is -2.58. The van der Waals surface area contributed by atoms with Gasteiger partial charge < -0.3 is 44.5 Å². The fourth-order valence-electron chi connectivity index (χ4n) is 13.1. The molecule has 0 aromatic rings. The standard InChI is InChI=1S/C35H54O9/c1-17-14-19-26(30(4,5)40)44-35(43-19)25(17)31(6)12-13-34-16-33(34)11-10-22(42-27-24(38)23(37)18(36)15-41-27)29(2,3)20(33)8-9-21(34)32(31,7)28(35)39/h9,17-20,22-28,36-40H,8,10-16H2,1-7H3/t17-,18-,19-,20+,22+,23+,24-,25+,26+,27+,28-,31+,32+,33+,34-,35-/m1/s1. The summed E-state index contributed by atoms with van der Waals surface area (Å²) in [6.07, 6.45) is 2.81. The number of ether oxygens (including phenoxy) is 4. The normalized spacial score (nSPS) is 60.4. The number of aliphatic hydroxyl groups is 5. The minimum absolute atomic E-state index is 0.0234. The molecule has 3 aliphatic heterocycles. The predicted molar refractivity (Wildman–Crippen MR) is 159 cm³/mol. The molecule has 0 aromatic heterocycles. The second-order valence-electron chi connectivity index (χ2n) is 17.8. The molecule has 7 fully saturated rings. The van der Waals surface area contributed by atoms with Gasteiger partial charge in [0.05, 0.1) is 24.4 Å². The lowest BCUT2D eigenvalue weighted by Gasteiger charge is -2.60. The van der Waals surface area contributed by atoms with E-state index in [-0.39, 0.29) is 46.4 Å². The van der Waals surface area contributed by atoms with Crippen LogP contribution < -0.4 is 0 Å². The fraction of sp³-hybridized carbons (Fsp3) is 0.943. The van der Waals surface area contributed by atoms with Gasteiger partial charge in [0.2, 0.25) is 0 Å². The van der Waals surface area contributed by atoms with Crippen molar-refractivity contribution in [3.05, 3.63) is 11.6 Å². The maximum atomic E-state index is 12.6. The van der Waals surface area contributed by atoms with Gasteiger partial charge in [0.15, 0.2) is 12.1 Å². The van der Waals surface area contributed by atoms with Crippen LogP contribution in [0.15, 0.2) is 11.6 Å². The van der Waals surface area contributed by atoms with Gasteiger partial charge in [0, 0.05) is 11.3 Å². The van der Waals surface area contributed by atoms with E-state index >= 15 is 0 Å². The molecule has 3 saturated heterocycles. The number of allylic oxidation sites excluding steroid dienone is 1. The number of aliphatic hydroxyl groups excluding tert-OH is 4. The average molecular weight is 619 g/mol. The Morgan fingerprint density at radius 3 is 2.41 bits per heavy atom. The first-order valence-electron chi connectivity index (χ1n) is 17.2. The molecule has 8 aliphatic rings. The van der Waals surface area contributed by atoms with Crippen molar-refractivity contribution in [3.8, 4) is 0 Å². The van der Waals surface area contributed by atoms with Gasteiger partial charge in [-0.1, -0.05) is 46.3 Å². The minimum Gasteiger partial charge on any atom is -0.388 e. The summed E-state index contributed by atoms with van der Waals surface area (Å²) in [6, 6.07) is 0. The van der Waals surface area contributed by atoms with Crippen molar-refractivity contribution in [2.24, 2.45) is 44.8 Å². The zero-order valence-electron chi connectivity index (χ0n) is 27.5. The zero-order chi connectivity index (χ0) is 31.6. The summed E-state index contributed by atoms with van der Waals surface area (Å²) in [5.41, 5.74) is -0.456.